The van der Waals surface area contributed by atoms with Gasteiger partial charge in [-0.05, 0) is 90.2 Å². The van der Waals surface area contributed by atoms with Gasteiger partial charge in [0, 0.05) is 52.1 Å². The number of aromatic nitrogens is 1. The molecule has 2 atom stereocenters. The van der Waals surface area contributed by atoms with Gasteiger partial charge in [0.2, 0.25) is 5.91 Å². The van der Waals surface area contributed by atoms with E-state index in [-0.39, 0.29) is 43.0 Å². The lowest BCUT2D eigenvalue weighted by Gasteiger charge is -2.45. The van der Waals surface area contributed by atoms with E-state index in [1.54, 1.807) is 12.0 Å². The van der Waals surface area contributed by atoms with Crippen LogP contribution in [0.25, 0.3) is 0 Å². The molecule has 0 radical (unpaired) electrons. The van der Waals surface area contributed by atoms with Gasteiger partial charge in [0.05, 0.1) is 36.0 Å². The lowest BCUT2D eigenvalue weighted by molar-refractivity contribution is -0.152. The van der Waals surface area contributed by atoms with E-state index in [0.717, 1.165) is 36.9 Å². The Labute approximate surface area is 274 Å². The van der Waals surface area contributed by atoms with Crippen molar-refractivity contribution in [1.82, 2.24) is 19.7 Å². The molecule has 3 heterocycles. The summed E-state index contributed by atoms with van der Waals surface area (Å²) in [6.07, 6.45) is 6.09. The number of methoxy groups -OCH3 is 1. The first-order chi connectivity index (χ1) is 21.6. The molecule has 2 aliphatic carbocycles. The molecule has 0 spiro atoms. The summed E-state index contributed by atoms with van der Waals surface area (Å²) in [4.78, 5) is 52.3. The van der Waals surface area contributed by atoms with Gasteiger partial charge >= 0.3 is 6.09 Å². The number of anilines is 1. The fourth-order valence-corrected chi connectivity index (χ4v) is 6.84. The molecule has 1 aromatic rings. The Morgan fingerprint density at radius 2 is 1.85 bits per heavy atom. The van der Waals surface area contributed by atoms with Gasteiger partial charge in [0.1, 0.15) is 5.60 Å². The Balaban J connectivity index is 1.44. The van der Waals surface area contributed by atoms with Crippen LogP contribution in [-0.2, 0) is 19.0 Å². The number of morpholine rings is 1. The second-order valence-corrected chi connectivity index (χ2v) is 15.8. The van der Waals surface area contributed by atoms with Crippen LogP contribution in [0.5, 0.6) is 0 Å². The minimum absolute atomic E-state index is 0.0153. The zero-order valence-corrected chi connectivity index (χ0v) is 29.1. The highest BCUT2D eigenvalue weighted by Crippen LogP contribution is 2.41. The maximum absolute atomic E-state index is 14.6. The van der Waals surface area contributed by atoms with Crippen molar-refractivity contribution < 1.29 is 28.6 Å². The number of piperidine rings is 1. The van der Waals surface area contributed by atoms with Gasteiger partial charge in [-0.2, -0.15) is 0 Å². The molecule has 4 aliphatic rings. The topological polar surface area (TPSA) is 114 Å². The van der Waals surface area contributed by atoms with E-state index in [4.69, 9.17) is 19.2 Å². The summed E-state index contributed by atoms with van der Waals surface area (Å²) in [5.41, 5.74) is 1.16. The van der Waals surface area contributed by atoms with E-state index < -0.39 is 29.3 Å². The van der Waals surface area contributed by atoms with E-state index in [9.17, 15) is 14.4 Å². The molecule has 11 nitrogen and oxygen atoms in total. The molecular formula is C35H55N5O6. The maximum atomic E-state index is 14.6. The molecule has 11 heteroatoms. The highest BCUT2D eigenvalue weighted by molar-refractivity contribution is 5.98. The number of pyridine rings is 1. The second-order valence-electron chi connectivity index (χ2n) is 15.8. The Morgan fingerprint density at radius 1 is 1.13 bits per heavy atom. The molecule has 2 aliphatic heterocycles. The van der Waals surface area contributed by atoms with Gasteiger partial charge in [-0.25, -0.2) is 9.78 Å². The zero-order chi connectivity index (χ0) is 33.4. The Bertz CT molecular complexity index is 1270. The molecule has 4 fully saturated rings. The minimum Gasteiger partial charge on any atom is -0.444 e. The summed E-state index contributed by atoms with van der Waals surface area (Å²) >= 11 is 0. The predicted molar refractivity (Wildman–Crippen MR) is 176 cm³/mol. The van der Waals surface area contributed by atoms with Crippen LogP contribution in [0.3, 0.4) is 0 Å². The third-order valence-corrected chi connectivity index (χ3v) is 9.38. The third-order valence-electron chi connectivity index (χ3n) is 9.38. The highest BCUT2D eigenvalue weighted by Gasteiger charge is 2.43. The molecule has 2 saturated carbocycles. The summed E-state index contributed by atoms with van der Waals surface area (Å²) in [6.45, 7) is 16.1. The molecule has 1 aromatic heterocycles. The number of amides is 3. The summed E-state index contributed by atoms with van der Waals surface area (Å²) in [5.74, 6) is -0.0261. The number of nitrogens with zero attached hydrogens (tertiary/aromatic N) is 4. The SMILES string of the molecule is COC1CC(Nc2cc(C3CC3)cnc2C(=O)N(CC(C)C)C2CC(C(=O)N3CCOC(C)(C)C3)CN(C(=O)OC(C)(C)C)C2)C1. The van der Waals surface area contributed by atoms with Crippen LogP contribution in [0, 0.1) is 11.8 Å². The first-order valence-electron chi connectivity index (χ1n) is 17.1. The molecule has 3 amide bonds. The van der Waals surface area contributed by atoms with E-state index >= 15 is 0 Å². The third kappa shape index (κ3) is 8.51. The average Bonchev–Trinajstić information content (AvgIpc) is 3.81. The summed E-state index contributed by atoms with van der Waals surface area (Å²) in [7, 11) is 1.73. The lowest BCUT2D eigenvalue weighted by Crippen LogP contribution is -2.59. The Morgan fingerprint density at radius 3 is 2.46 bits per heavy atom. The van der Waals surface area contributed by atoms with Crippen LogP contribution in [0.2, 0.25) is 0 Å². The van der Waals surface area contributed by atoms with Crippen molar-refractivity contribution in [2.45, 2.75) is 116 Å². The molecule has 46 heavy (non-hydrogen) atoms. The van der Waals surface area contributed by atoms with Crippen LogP contribution >= 0.6 is 0 Å². The van der Waals surface area contributed by atoms with Gasteiger partial charge < -0.3 is 34.2 Å². The van der Waals surface area contributed by atoms with Crippen molar-refractivity contribution in [2.75, 3.05) is 51.8 Å². The number of likely N-dealkylation sites (tertiary alicyclic amines) is 1. The summed E-state index contributed by atoms with van der Waals surface area (Å²) < 4.78 is 17.2. The quantitative estimate of drug-likeness (QED) is 0.405. The van der Waals surface area contributed by atoms with Crippen LogP contribution in [-0.4, -0.2) is 113 Å². The standard InChI is InChI=1S/C35H55N5O6/c1-22(2)18-40(32(42)30-29(37-26-15-28(16-26)44-8)14-24(17-36-30)23-9-10-23)27-13-25(19-39(20-27)33(43)46-34(3,4)5)31(41)38-11-12-45-35(6,7)21-38/h14,17,22-23,25-28,37H,9-13,15-16,18-21H2,1-8H3. The fraction of sp³-hybridized carbons (Fsp3) is 0.771. The lowest BCUT2D eigenvalue weighted by atomic mass is 9.88. The number of hydrogen-bond donors (Lipinski definition) is 1. The largest absolute Gasteiger partial charge is 0.444 e. The number of nitrogens with one attached hydrogen (secondary N) is 1. The first-order valence-corrected chi connectivity index (χ1v) is 17.1. The molecule has 5 rings (SSSR count). The van der Waals surface area contributed by atoms with Gasteiger partial charge in [-0.3, -0.25) is 9.59 Å². The number of carbonyl (C=O) groups is 3. The van der Waals surface area contributed by atoms with Crippen LogP contribution in [0.4, 0.5) is 10.5 Å². The van der Waals surface area contributed by atoms with Crippen LogP contribution in [0.15, 0.2) is 12.3 Å². The molecule has 256 valence electrons. The molecule has 2 saturated heterocycles. The minimum atomic E-state index is -0.692. The normalized spacial score (nSPS) is 26.4. The smallest absolute Gasteiger partial charge is 0.410 e. The van der Waals surface area contributed by atoms with E-state index in [2.05, 4.69) is 25.2 Å². The molecule has 0 aromatic carbocycles. The van der Waals surface area contributed by atoms with Crippen molar-refractivity contribution in [3.05, 3.63) is 23.5 Å². The number of carbonyl (C=O) groups excluding carboxylic acids is 3. The van der Waals surface area contributed by atoms with Crippen molar-refractivity contribution in [3.8, 4) is 0 Å². The van der Waals surface area contributed by atoms with Crippen molar-refractivity contribution in [3.63, 3.8) is 0 Å². The van der Waals surface area contributed by atoms with Gasteiger partial charge in [0.15, 0.2) is 5.69 Å². The van der Waals surface area contributed by atoms with E-state index in [1.807, 2.05) is 50.6 Å². The molecule has 1 N–H and O–H groups in total. The fourth-order valence-electron chi connectivity index (χ4n) is 6.84. The predicted octanol–water partition coefficient (Wildman–Crippen LogP) is 4.91. The zero-order valence-electron chi connectivity index (χ0n) is 29.1. The molecular weight excluding hydrogens is 586 g/mol. The second kappa shape index (κ2) is 13.7. The van der Waals surface area contributed by atoms with Crippen molar-refractivity contribution in [1.29, 1.82) is 0 Å². The van der Waals surface area contributed by atoms with Crippen molar-refractivity contribution >= 4 is 23.6 Å². The van der Waals surface area contributed by atoms with E-state index in [0.29, 0.717) is 44.3 Å². The Kier molecular flexibility index (Phi) is 10.2. The first kappa shape index (κ1) is 34.4. The number of rotatable bonds is 9. The van der Waals surface area contributed by atoms with Gasteiger partial charge in [-0.1, -0.05) is 13.8 Å². The van der Waals surface area contributed by atoms with Crippen molar-refractivity contribution in [2.24, 2.45) is 11.8 Å². The van der Waals surface area contributed by atoms with Crippen LogP contribution in [0.1, 0.15) is 103 Å². The maximum Gasteiger partial charge on any atom is 0.410 e. The monoisotopic (exact) mass is 641 g/mol. The number of hydrogen-bond acceptors (Lipinski definition) is 8. The average molecular weight is 642 g/mol. The number of ether oxygens (including phenoxy) is 3. The molecule has 0 bridgehead atoms. The summed E-state index contributed by atoms with van der Waals surface area (Å²) in [6, 6.07) is 1.92. The van der Waals surface area contributed by atoms with E-state index in [1.165, 1.54) is 0 Å². The van der Waals surface area contributed by atoms with Gasteiger partial charge in [0.25, 0.3) is 5.91 Å². The van der Waals surface area contributed by atoms with Gasteiger partial charge in [-0.15, -0.1) is 0 Å². The highest BCUT2D eigenvalue weighted by atomic mass is 16.6. The Hall–Kier alpha value is -2.92. The molecule has 2 unspecified atom stereocenters. The summed E-state index contributed by atoms with van der Waals surface area (Å²) in [5, 5.41) is 3.61. The van der Waals surface area contributed by atoms with Crippen LogP contribution < -0.4 is 5.32 Å².